The summed E-state index contributed by atoms with van der Waals surface area (Å²) in [5.74, 6) is 1.75. The molecule has 19 aromatic rings. The van der Waals surface area contributed by atoms with Gasteiger partial charge in [0, 0.05) is 97.1 Å². The van der Waals surface area contributed by atoms with Gasteiger partial charge in [0.1, 0.15) is 11.5 Å². The van der Waals surface area contributed by atoms with Crippen LogP contribution in [0.3, 0.4) is 0 Å². The maximum atomic E-state index is 6.94. The molecule has 21 rings (SSSR count). The summed E-state index contributed by atoms with van der Waals surface area (Å²) >= 11 is 1.89. The Morgan fingerprint density at radius 3 is 0.989 bits per heavy atom. The fourth-order valence-electron chi connectivity index (χ4n) is 16.4. The average molecular weight is 1180 g/mol. The molecule has 1 aliphatic carbocycles. The zero-order chi connectivity index (χ0) is 59.2. The normalized spacial score (nSPS) is 13.2. The number of hydrogen-bond acceptors (Lipinski definition) is 2. The predicted molar refractivity (Wildman–Crippen MR) is 380 cm³/mol. The first-order valence-electron chi connectivity index (χ1n) is 31.3. The van der Waals surface area contributed by atoms with E-state index in [0.29, 0.717) is 0 Å². The minimum absolute atomic E-state index is 0.717. The summed E-state index contributed by atoms with van der Waals surface area (Å²) in [6.07, 6.45) is 0. The fraction of sp³-hybridized carbons (Fsp3) is 0.0118. The molecule has 5 nitrogen and oxygen atoms in total. The Hall–Kier alpha value is -11.7. The Kier molecular flexibility index (Phi) is 9.87. The van der Waals surface area contributed by atoms with Gasteiger partial charge in [-0.2, -0.15) is 0 Å². The van der Waals surface area contributed by atoms with E-state index in [1.165, 1.54) is 124 Å². The van der Waals surface area contributed by atoms with Crippen molar-refractivity contribution >= 4 is 119 Å². The number of para-hydroxylation sites is 8. The first-order valence-corrected chi connectivity index (χ1v) is 32.1. The summed E-state index contributed by atoms with van der Waals surface area (Å²) in [6.45, 7) is 0. The number of thiophene rings is 1. The van der Waals surface area contributed by atoms with Crippen LogP contribution in [-0.2, 0) is 5.41 Å². The molecule has 0 radical (unpaired) electrons. The van der Waals surface area contributed by atoms with Gasteiger partial charge in [-0.25, -0.2) is 0 Å². The second-order valence-corrected chi connectivity index (χ2v) is 25.8. The van der Waals surface area contributed by atoms with Gasteiger partial charge in [-0.1, -0.05) is 170 Å². The molecule has 422 valence electrons. The lowest BCUT2D eigenvalue weighted by Gasteiger charge is -2.39. The largest absolute Gasteiger partial charge is 0.457 e. The van der Waals surface area contributed by atoms with E-state index in [2.05, 4.69) is 322 Å². The molecule has 0 bridgehead atoms. The molecule has 6 heterocycles. The van der Waals surface area contributed by atoms with Crippen molar-refractivity contribution in [1.82, 2.24) is 18.3 Å². The van der Waals surface area contributed by atoms with Crippen LogP contribution in [0.1, 0.15) is 22.3 Å². The van der Waals surface area contributed by atoms with Crippen molar-refractivity contribution < 1.29 is 4.74 Å². The van der Waals surface area contributed by atoms with Crippen molar-refractivity contribution in [2.45, 2.75) is 5.41 Å². The zero-order valence-corrected chi connectivity index (χ0v) is 49.8. The lowest BCUT2D eigenvalue weighted by atomic mass is 9.66. The number of nitrogens with zero attached hydrogens (tertiary/aromatic N) is 4. The van der Waals surface area contributed by atoms with E-state index in [-0.39, 0.29) is 0 Å². The molecule has 1 spiro atoms. The van der Waals surface area contributed by atoms with Crippen LogP contribution in [0.25, 0.3) is 152 Å². The number of rotatable bonds is 5. The lowest BCUT2D eigenvalue weighted by molar-refractivity contribution is 0.436. The summed E-state index contributed by atoms with van der Waals surface area (Å²) in [7, 11) is 0. The molecular formula is C85H50N4OS. The van der Waals surface area contributed by atoms with Crippen molar-refractivity contribution in [3.8, 4) is 56.5 Å². The summed E-state index contributed by atoms with van der Waals surface area (Å²) in [6, 6.07) is 113. The first-order chi connectivity index (χ1) is 45.1. The fourth-order valence-corrected chi connectivity index (χ4v) is 17.5. The molecule has 14 aromatic carbocycles. The Balaban J connectivity index is 0.794. The highest BCUT2D eigenvalue weighted by Gasteiger charge is 2.52. The lowest BCUT2D eigenvalue weighted by Crippen LogP contribution is -2.32. The summed E-state index contributed by atoms with van der Waals surface area (Å²) in [5.41, 5.74) is 22.9. The number of fused-ring (bicyclic) bond motifs is 24. The van der Waals surface area contributed by atoms with Crippen molar-refractivity contribution in [1.29, 1.82) is 0 Å². The molecule has 0 fully saturated rings. The second-order valence-electron chi connectivity index (χ2n) is 24.7. The van der Waals surface area contributed by atoms with Gasteiger partial charge in [0.05, 0.1) is 49.5 Å². The first kappa shape index (κ1) is 49.3. The number of hydrogen-bond donors (Lipinski definition) is 0. The molecule has 0 unspecified atom stereocenters. The molecule has 91 heavy (non-hydrogen) atoms. The molecule has 0 amide bonds. The van der Waals surface area contributed by atoms with Crippen LogP contribution in [0, 0.1) is 0 Å². The third-order valence-corrected chi connectivity index (χ3v) is 21.3. The zero-order valence-electron chi connectivity index (χ0n) is 49.0. The Morgan fingerprint density at radius 1 is 0.231 bits per heavy atom. The molecule has 0 atom stereocenters. The van der Waals surface area contributed by atoms with E-state index in [1.807, 2.05) is 11.3 Å². The minimum atomic E-state index is -0.717. The van der Waals surface area contributed by atoms with E-state index in [0.717, 1.165) is 61.8 Å². The van der Waals surface area contributed by atoms with Crippen molar-refractivity contribution in [2.75, 3.05) is 0 Å². The van der Waals surface area contributed by atoms with Gasteiger partial charge in [-0.15, -0.1) is 11.3 Å². The molecule has 2 aliphatic rings. The summed E-state index contributed by atoms with van der Waals surface area (Å²) < 4.78 is 19.4. The van der Waals surface area contributed by atoms with Crippen molar-refractivity contribution in [3.05, 3.63) is 326 Å². The van der Waals surface area contributed by atoms with E-state index < -0.39 is 5.41 Å². The van der Waals surface area contributed by atoms with Crippen LogP contribution in [0.5, 0.6) is 11.5 Å². The molecule has 5 aromatic heterocycles. The summed E-state index contributed by atoms with van der Waals surface area (Å²) in [5, 5.41) is 12.5. The third-order valence-electron chi connectivity index (χ3n) is 20.2. The minimum Gasteiger partial charge on any atom is -0.457 e. The van der Waals surface area contributed by atoms with Gasteiger partial charge in [0.2, 0.25) is 0 Å². The molecule has 0 saturated heterocycles. The van der Waals surface area contributed by atoms with Gasteiger partial charge in [0.15, 0.2) is 0 Å². The van der Waals surface area contributed by atoms with Gasteiger partial charge in [-0.05, 0) is 167 Å². The van der Waals surface area contributed by atoms with Crippen LogP contribution < -0.4 is 4.74 Å². The smallest absolute Gasteiger partial charge is 0.132 e. The predicted octanol–water partition coefficient (Wildman–Crippen LogP) is 22.6. The average Bonchev–Trinajstić information content (AvgIpc) is 1.54. The van der Waals surface area contributed by atoms with Crippen molar-refractivity contribution in [3.63, 3.8) is 0 Å². The highest BCUT2D eigenvalue weighted by atomic mass is 32.1. The van der Waals surface area contributed by atoms with E-state index >= 15 is 0 Å². The molecule has 1 aliphatic heterocycles. The standard InChI is InChI=1S/C85H50N4OS/c1-5-21-53(22-6-1)86-73-33-17-13-29-57(73)63-43-61-62-44-64-59-39-37-51(41-75(59)88(55-25-9-3-10-26-55)78(64)48-72(62)85(71(61)47-77(63)86)69-31-15-19-35-81(69)90-82-36-20-16-32-70(82)85)52-38-40-60-66-46-68-67-45-65-58-30-14-18-34-74(58)87(54-23-7-2-8-24-54)79(65)49-83(67)91-84(68)50-80(66)89(76(60)42-52)56-27-11-4-12-28-56/h1-50H. The Morgan fingerprint density at radius 2 is 0.560 bits per heavy atom. The van der Waals surface area contributed by atoms with Gasteiger partial charge >= 0.3 is 0 Å². The number of aromatic nitrogens is 4. The highest BCUT2D eigenvalue weighted by Crippen LogP contribution is 2.64. The Bertz CT molecular complexity index is 6300. The quantitative estimate of drug-likeness (QED) is 0.169. The van der Waals surface area contributed by atoms with Crippen LogP contribution in [0.2, 0.25) is 0 Å². The maximum absolute atomic E-state index is 6.94. The Labute approximate surface area is 525 Å². The van der Waals surface area contributed by atoms with Crippen LogP contribution in [0.15, 0.2) is 303 Å². The second kappa shape index (κ2) is 18.2. The molecule has 0 N–H and O–H groups in total. The van der Waals surface area contributed by atoms with E-state index in [1.54, 1.807) is 0 Å². The summed E-state index contributed by atoms with van der Waals surface area (Å²) in [4.78, 5) is 0. The molecule has 6 heteroatoms. The van der Waals surface area contributed by atoms with E-state index in [4.69, 9.17) is 4.74 Å². The van der Waals surface area contributed by atoms with Crippen LogP contribution in [0.4, 0.5) is 0 Å². The third kappa shape index (κ3) is 6.63. The highest BCUT2D eigenvalue weighted by molar-refractivity contribution is 7.26. The van der Waals surface area contributed by atoms with Gasteiger partial charge < -0.3 is 23.0 Å². The van der Waals surface area contributed by atoms with Crippen LogP contribution >= 0.6 is 11.3 Å². The van der Waals surface area contributed by atoms with Crippen molar-refractivity contribution in [2.24, 2.45) is 0 Å². The topological polar surface area (TPSA) is 28.9 Å². The molecular weight excluding hydrogens is 1130 g/mol. The maximum Gasteiger partial charge on any atom is 0.132 e. The molecule has 0 saturated carbocycles. The van der Waals surface area contributed by atoms with Crippen LogP contribution in [-0.4, -0.2) is 18.3 Å². The monoisotopic (exact) mass is 1170 g/mol. The number of benzene rings is 14. The van der Waals surface area contributed by atoms with E-state index in [9.17, 15) is 0 Å². The van der Waals surface area contributed by atoms with Gasteiger partial charge in [0.25, 0.3) is 0 Å². The SMILES string of the molecule is c1ccc(-n2c3ccccc3c3cc4c(cc32)C2(c3ccccc3Oc3ccccc32)c2cc3c(cc2-4)c2ccc(-c4ccc5c6cc7c(cc6n(-c6ccccc6)c5c4)sc4cc5c(cc47)c4ccccc4n5-c4ccccc4)cc2n3-c2ccccc2)cc1. The van der Waals surface area contributed by atoms with Gasteiger partial charge in [-0.3, -0.25) is 0 Å². The number of ether oxygens (including phenoxy) is 1.